The van der Waals surface area contributed by atoms with Crippen LogP contribution >= 0.6 is 35.3 Å². The Hall–Kier alpha value is -1.22. The van der Waals surface area contributed by atoms with E-state index in [2.05, 4.69) is 32.5 Å². The van der Waals surface area contributed by atoms with E-state index in [-0.39, 0.29) is 24.0 Å². The Labute approximate surface area is 159 Å². The average Bonchev–Trinajstić information content (AvgIpc) is 2.80. The summed E-state index contributed by atoms with van der Waals surface area (Å²) in [5.41, 5.74) is 3.08. The number of aliphatic imine (C=N–C) groups is 1. The van der Waals surface area contributed by atoms with Crippen molar-refractivity contribution in [2.75, 3.05) is 6.54 Å². The van der Waals surface area contributed by atoms with Crippen molar-refractivity contribution in [2.45, 2.75) is 40.8 Å². The number of aryl methyl sites for hydroxylation is 3. The third-order valence-electron chi connectivity index (χ3n) is 3.11. The third kappa shape index (κ3) is 6.42. The van der Waals surface area contributed by atoms with Crippen LogP contribution in [-0.2, 0) is 13.1 Å². The fourth-order valence-corrected chi connectivity index (χ4v) is 2.97. The quantitative estimate of drug-likeness (QED) is 0.421. The molecule has 0 aromatic carbocycles. The Morgan fingerprint density at radius 3 is 2.57 bits per heavy atom. The predicted molar refractivity (Wildman–Crippen MR) is 108 cm³/mol. The van der Waals surface area contributed by atoms with Gasteiger partial charge in [-0.3, -0.25) is 4.98 Å². The van der Waals surface area contributed by atoms with Crippen LogP contribution in [0.15, 0.2) is 23.2 Å². The molecule has 2 heterocycles. The van der Waals surface area contributed by atoms with E-state index in [0.29, 0.717) is 6.54 Å². The highest BCUT2D eigenvalue weighted by Crippen LogP contribution is 2.16. The smallest absolute Gasteiger partial charge is 0.191 e. The summed E-state index contributed by atoms with van der Waals surface area (Å²) in [6.45, 7) is 10.3. The Morgan fingerprint density at radius 2 is 1.96 bits per heavy atom. The van der Waals surface area contributed by atoms with Crippen LogP contribution in [-0.4, -0.2) is 22.5 Å². The molecule has 0 amide bonds. The van der Waals surface area contributed by atoms with Gasteiger partial charge in [0.25, 0.3) is 0 Å². The van der Waals surface area contributed by atoms with E-state index in [1.807, 2.05) is 39.0 Å². The summed E-state index contributed by atoms with van der Waals surface area (Å²) in [5, 5.41) is 7.71. The number of halogens is 1. The molecule has 0 aliphatic carbocycles. The van der Waals surface area contributed by atoms with Crippen LogP contribution < -0.4 is 10.6 Å². The molecule has 0 aliphatic rings. The Morgan fingerprint density at radius 1 is 1.17 bits per heavy atom. The van der Waals surface area contributed by atoms with Gasteiger partial charge in [-0.25, -0.2) is 9.98 Å². The van der Waals surface area contributed by atoms with Crippen molar-refractivity contribution in [1.82, 2.24) is 20.6 Å². The van der Waals surface area contributed by atoms with Gasteiger partial charge in [0.2, 0.25) is 0 Å². The standard InChI is InChI=1S/C16H23N5S.HI/c1-5-17-16(18-9-14-8-6-7-11(2)20-14)19-10-15-12(3)21-13(4)22-15;/h6-8H,5,9-10H2,1-4H3,(H2,17,18,19);1H. The molecule has 2 N–H and O–H groups in total. The maximum Gasteiger partial charge on any atom is 0.191 e. The minimum atomic E-state index is 0. The first-order valence-electron chi connectivity index (χ1n) is 7.46. The van der Waals surface area contributed by atoms with E-state index in [1.165, 1.54) is 4.88 Å². The summed E-state index contributed by atoms with van der Waals surface area (Å²) in [7, 11) is 0. The lowest BCUT2D eigenvalue weighted by molar-refractivity contribution is 0.813. The molecule has 2 rings (SSSR count). The zero-order valence-corrected chi connectivity index (χ0v) is 17.2. The van der Waals surface area contributed by atoms with Crippen LogP contribution in [0.1, 0.15) is 33.9 Å². The van der Waals surface area contributed by atoms with Crippen LogP contribution in [0.25, 0.3) is 0 Å². The number of hydrogen-bond donors (Lipinski definition) is 2. The molecular weight excluding hydrogens is 421 g/mol. The van der Waals surface area contributed by atoms with Crippen LogP contribution in [0.3, 0.4) is 0 Å². The highest BCUT2D eigenvalue weighted by atomic mass is 127. The summed E-state index contributed by atoms with van der Waals surface area (Å²) < 4.78 is 0. The Bertz CT molecular complexity index is 654. The first-order valence-corrected chi connectivity index (χ1v) is 8.27. The second-order valence-electron chi connectivity index (χ2n) is 5.06. The van der Waals surface area contributed by atoms with Crippen molar-refractivity contribution in [2.24, 2.45) is 4.99 Å². The topological polar surface area (TPSA) is 62.2 Å². The number of rotatable bonds is 5. The molecule has 5 nitrogen and oxygen atoms in total. The lowest BCUT2D eigenvalue weighted by Gasteiger charge is -2.10. The number of nitrogens with zero attached hydrogens (tertiary/aromatic N) is 3. The zero-order chi connectivity index (χ0) is 15.9. The molecular formula is C16H24IN5S. The van der Waals surface area contributed by atoms with E-state index in [9.17, 15) is 0 Å². The van der Waals surface area contributed by atoms with Gasteiger partial charge >= 0.3 is 0 Å². The molecule has 7 heteroatoms. The number of pyridine rings is 1. The van der Waals surface area contributed by atoms with Gasteiger partial charge in [0.15, 0.2) is 5.96 Å². The monoisotopic (exact) mass is 445 g/mol. The van der Waals surface area contributed by atoms with E-state index in [0.717, 1.165) is 41.1 Å². The van der Waals surface area contributed by atoms with Gasteiger partial charge in [-0.2, -0.15) is 0 Å². The molecule has 0 saturated heterocycles. The average molecular weight is 445 g/mol. The van der Waals surface area contributed by atoms with Gasteiger partial charge in [0, 0.05) is 17.1 Å². The second-order valence-corrected chi connectivity index (χ2v) is 6.35. The van der Waals surface area contributed by atoms with Crippen molar-refractivity contribution in [3.63, 3.8) is 0 Å². The van der Waals surface area contributed by atoms with Gasteiger partial charge in [0.1, 0.15) is 0 Å². The largest absolute Gasteiger partial charge is 0.357 e. The minimum Gasteiger partial charge on any atom is -0.357 e. The number of aromatic nitrogens is 2. The fourth-order valence-electron chi connectivity index (χ4n) is 2.09. The van der Waals surface area contributed by atoms with E-state index in [1.54, 1.807) is 11.3 Å². The summed E-state index contributed by atoms with van der Waals surface area (Å²) in [6, 6.07) is 6.00. The van der Waals surface area contributed by atoms with Crippen molar-refractivity contribution in [3.8, 4) is 0 Å². The van der Waals surface area contributed by atoms with Crippen molar-refractivity contribution < 1.29 is 0 Å². The summed E-state index contributed by atoms with van der Waals surface area (Å²) in [5.74, 6) is 0.802. The Balaban J connectivity index is 0.00000264. The van der Waals surface area contributed by atoms with Crippen LogP contribution in [0.4, 0.5) is 0 Å². The SMILES string of the molecule is CCNC(=NCc1cccc(C)n1)NCc1sc(C)nc1C.I. The molecule has 2 aromatic rings. The molecule has 0 atom stereocenters. The fraction of sp³-hybridized carbons (Fsp3) is 0.438. The Kier molecular flexibility index (Phi) is 8.46. The molecule has 0 unspecified atom stereocenters. The second kappa shape index (κ2) is 9.82. The number of thiazole rings is 1. The normalized spacial score (nSPS) is 11.0. The lowest BCUT2D eigenvalue weighted by atomic mass is 10.3. The first-order chi connectivity index (χ1) is 10.6. The maximum absolute atomic E-state index is 4.59. The van der Waals surface area contributed by atoms with E-state index in [4.69, 9.17) is 0 Å². The zero-order valence-electron chi connectivity index (χ0n) is 14.0. The van der Waals surface area contributed by atoms with Gasteiger partial charge in [-0.05, 0) is 39.8 Å². The molecule has 0 fully saturated rings. The highest BCUT2D eigenvalue weighted by Gasteiger charge is 2.05. The maximum atomic E-state index is 4.59. The van der Waals surface area contributed by atoms with Gasteiger partial charge in [0.05, 0.1) is 29.5 Å². The molecule has 0 radical (unpaired) electrons. The molecule has 2 aromatic heterocycles. The molecule has 0 aliphatic heterocycles. The summed E-state index contributed by atoms with van der Waals surface area (Å²) in [6.07, 6.45) is 0. The van der Waals surface area contributed by atoms with Gasteiger partial charge < -0.3 is 10.6 Å². The molecule has 126 valence electrons. The number of guanidine groups is 1. The predicted octanol–water partition coefficient (Wildman–Crippen LogP) is 3.34. The van der Waals surface area contributed by atoms with Crippen LogP contribution in [0, 0.1) is 20.8 Å². The van der Waals surface area contributed by atoms with Gasteiger partial charge in [-0.15, -0.1) is 35.3 Å². The van der Waals surface area contributed by atoms with E-state index < -0.39 is 0 Å². The lowest BCUT2D eigenvalue weighted by Crippen LogP contribution is -2.36. The van der Waals surface area contributed by atoms with Crippen molar-refractivity contribution >= 4 is 41.3 Å². The summed E-state index contributed by atoms with van der Waals surface area (Å²) in [4.78, 5) is 14.8. The molecule has 0 spiro atoms. The van der Waals surface area contributed by atoms with Gasteiger partial charge in [-0.1, -0.05) is 6.07 Å². The number of hydrogen-bond acceptors (Lipinski definition) is 4. The molecule has 0 bridgehead atoms. The van der Waals surface area contributed by atoms with Crippen molar-refractivity contribution in [1.29, 1.82) is 0 Å². The molecule has 0 saturated carbocycles. The first kappa shape index (κ1) is 19.8. The molecule has 23 heavy (non-hydrogen) atoms. The van der Waals surface area contributed by atoms with Crippen molar-refractivity contribution in [3.05, 3.63) is 45.2 Å². The number of nitrogens with one attached hydrogen (secondary N) is 2. The van der Waals surface area contributed by atoms with Crippen LogP contribution in [0.5, 0.6) is 0 Å². The highest BCUT2D eigenvalue weighted by molar-refractivity contribution is 14.0. The van der Waals surface area contributed by atoms with Crippen LogP contribution in [0.2, 0.25) is 0 Å². The minimum absolute atomic E-state index is 0. The van der Waals surface area contributed by atoms with E-state index >= 15 is 0 Å². The summed E-state index contributed by atoms with van der Waals surface area (Å²) >= 11 is 1.72. The third-order valence-corrected chi connectivity index (χ3v) is 4.18.